The minimum atomic E-state index is -0.441. The van der Waals surface area contributed by atoms with Crippen LogP contribution in [0.1, 0.15) is 12.8 Å². The Hall–Kier alpha value is -1.29. The van der Waals surface area contributed by atoms with Gasteiger partial charge >= 0.3 is 0 Å². The molecule has 3 nitrogen and oxygen atoms in total. The first-order valence-electron chi connectivity index (χ1n) is 5.05. The second kappa shape index (κ2) is 4.49. The molecule has 1 aliphatic heterocycles. The Balaban J connectivity index is 2.00. The predicted molar refractivity (Wildman–Crippen MR) is 55.3 cm³/mol. The van der Waals surface area contributed by atoms with Crippen molar-refractivity contribution in [2.75, 3.05) is 18.9 Å². The Morgan fingerprint density at radius 2 is 2.33 bits per heavy atom. The maximum atomic E-state index is 13.1. The molecule has 2 N–H and O–H groups in total. The van der Waals surface area contributed by atoms with E-state index in [1.807, 2.05) is 0 Å². The van der Waals surface area contributed by atoms with Gasteiger partial charge in [0.05, 0.1) is 12.3 Å². The number of anilines is 1. The molecule has 0 bridgehead atoms. The fraction of sp³-hybridized carbons (Fsp3) is 0.455. The van der Waals surface area contributed by atoms with Gasteiger partial charge in [-0.05, 0) is 25.0 Å². The quantitative estimate of drug-likeness (QED) is 0.760. The highest BCUT2D eigenvalue weighted by Gasteiger charge is 2.15. The maximum absolute atomic E-state index is 13.1. The summed E-state index contributed by atoms with van der Waals surface area (Å²) in [7, 11) is 0. The molecule has 0 spiro atoms. The van der Waals surface area contributed by atoms with Crippen molar-refractivity contribution in [2.24, 2.45) is 0 Å². The summed E-state index contributed by atoms with van der Waals surface area (Å²) in [4.78, 5) is 0. The largest absolute Gasteiger partial charge is 0.488 e. The van der Waals surface area contributed by atoms with E-state index >= 15 is 0 Å². The molecule has 1 aliphatic rings. The van der Waals surface area contributed by atoms with Crippen LogP contribution in [0, 0.1) is 5.82 Å². The third kappa shape index (κ3) is 2.59. The minimum absolute atomic E-state index is 0.0294. The zero-order chi connectivity index (χ0) is 10.7. The summed E-state index contributed by atoms with van der Waals surface area (Å²) >= 11 is 0. The van der Waals surface area contributed by atoms with Crippen LogP contribution < -0.4 is 10.5 Å². The van der Waals surface area contributed by atoms with Crippen LogP contribution in [0.3, 0.4) is 0 Å². The highest BCUT2D eigenvalue weighted by atomic mass is 19.1. The normalized spacial score (nSPS) is 21.3. The Morgan fingerprint density at radius 1 is 1.47 bits per heavy atom. The first kappa shape index (κ1) is 10.2. The van der Waals surface area contributed by atoms with Crippen LogP contribution in [0.25, 0.3) is 0 Å². The van der Waals surface area contributed by atoms with Gasteiger partial charge in [-0.3, -0.25) is 0 Å². The predicted octanol–water partition coefficient (Wildman–Crippen LogP) is 1.97. The van der Waals surface area contributed by atoms with E-state index in [0.29, 0.717) is 12.4 Å². The molecule has 0 saturated carbocycles. The van der Waals surface area contributed by atoms with Crippen molar-refractivity contribution in [3.05, 3.63) is 24.0 Å². The molecule has 4 heteroatoms. The Kier molecular flexibility index (Phi) is 3.06. The molecule has 1 saturated heterocycles. The van der Waals surface area contributed by atoms with Crippen molar-refractivity contribution in [1.29, 1.82) is 0 Å². The fourth-order valence-corrected chi connectivity index (χ4v) is 1.58. The molecule has 0 aliphatic carbocycles. The number of hydrogen-bond acceptors (Lipinski definition) is 3. The SMILES string of the molecule is Nc1ccc(OC2CCCOC2)cc1F. The second-order valence-corrected chi connectivity index (χ2v) is 3.64. The van der Waals surface area contributed by atoms with Crippen LogP contribution in [0.15, 0.2) is 18.2 Å². The van der Waals surface area contributed by atoms with Crippen molar-refractivity contribution in [2.45, 2.75) is 18.9 Å². The number of nitrogen functional groups attached to an aromatic ring is 1. The lowest BCUT2D eigenvalue weighted by atomic mass is 10.2. The van der Waals surface area contributed by atoms with Gasteiger partial charge in [-0.15, -0.1) is 0 Å². The van der Waals surface area contributed by atoms with Crippen molar-refractivity contribution in [3.8, 4) is 5.75 Å². The van der Waals surface area contributed by atoms with Gasteiger partial charge in [0.25, 0.3) is 0 Å². The van der Waals surface area contributed by atoms with Gasteiger partial charge < -0.3 is 15.2 Å². The zero-order valence-electron chi connectivity index (χ0n) is 8.41. The van der Waals surface area contributed by atoms with Crippen LogP contribution >= 0.6 is 0 Å². The van der Waals surface area contributed by atoms with Gasteiger partial charge in [0.1, 0.15) is 17.7 Å². The van der Waals surface area contributed by atoms with Crippen molar-refractivity contribution in [3.63, 3.8) is 0 Å². The molecule has 1 unspecified atom stereocenters. The van der Waals surface area contributed by atoms with E-state index in [2.05, 4.69) is 0 Å². The van der Waals surface area contributed by atoms with E-state index in [0.717, 1.165) is 19.4 Å². The lowest BCUT2D eigenvalue weighted by molar-refractivity contribution is 0.00732. The summed E-state index contributed by atoms with van der Waals surface area (Å²) in [6, 6.07) is 4.49. The van der Waals surface area contributed by atoms with Crippen LogP contribution in [0.5, 0.6) is 5.75 Å². The molecule has 1 aromatic carbocycles. The van der Waals surface area contributed by atoms with E-state index in [-0.39, 0.29) is 11.8 Å². The summed E-state index contributed by atoms with van der Waals surface area (Å²) in [6.45, 7) is 1.36. The minimum Gasteiger partial charge on any atom is -0.488 e. The van der Waals surface area contributed by atoms with Crippen LogP contribution in [-0.4, -0.2) is 19.3 Å². The topological polar surface area (TPSA) is 44.5 Å². The average molecular weight is 211 g/mol. The summed E-state index contributed by atoms with van der Waals surface area (Å²) in [5.41, 5.74) is 5.51. The maximum Gasteiger partial charge on any atom is 0.149 e. The van der Waals surface area contributed by atoms with Crippen LogP contribution in [0.2, 0.25) is 0 Å². The van der Waals surface area contributed by atoms with Crippen molar-refractivity contribution < 1.29 is 13.9 Å². The molecule has 0 radical (unpaired) electrons. The molecule has 82 valence electrons. The lowest BCUT2D eigenvalue weighted by Crippen LogP contribution is -2.28. The molecule has 1 heterocycles. The summed E-state index contributed by atoms with van der Waals surface area (Å²) < 4.78 is 23.9. The molecule has 0 amide bonds. The number of benzene rings is 1. The summed E-state index contributed by atoms with van der Waals surface area (Å²) in [5.74, 6) is 0.0708. The number of halogens is 1. The Bertz CT molecular complexity index is 337. The smallest absolute Gasteiger partial charge is 0.149 e. The highest BCUT2D eigenvalue weighted by molar-refractivity contribution is 5.43. The third-order valence-electron chi connectivity index (χ3n) is 2.39. The van der Waals surface area contributed by atoms with Gasteiger partial charge in [-0.25, -0.2) is 4.39 Å². The summed E-state index contributed by atoms with van der Waals surface area (Å²) in [6.07, 6.45) is 1.97. The molecule has 0 aromatic heterocycles. The van der Waals surface area contributed by atoms with Gasteiger partial charge in [-0.2, -0.15) is 0 Å². The Morgan fingerprint density at radius 3 is 3.00 bits per heavy atom. The van der Waals surface area contributed by atoms with Crippen molar-refractivity contribution >= 4 is 5.69 Å². The molecule has 1 fully saturated rings. The Labute approximate surface area is 88.0 Å². The van der Waals surface area contributed by atoms with E-state index in [4.69, 9.17) is 15.2 Å². The average Bonchev–Trinajstić information content (AvgIpc) is 2.25. The van der Waals surface area contributed by atoms with E-state index in [1.54, 1.807) is 6.07 Å². The standard InChI is InChI=1S/C11H14FNO2/c12-10-6-8(3-4-11(10)13)15-9-2-1-5-14-7-9/h3-4,6,9H,1-2,5,7,13H2. The molecule has 2 rings (SSSR count). The highest BCUT2D eigenvalue weighted by Crippen LogP contribution is 2.21. The molecule has 1 aromatic rings. The number of rotatable bonds is 2. The van der Waals surface area contributed by atoms with Gasteiger partial charge in [0.15, 0.2) is 0 Å². The first-order chi connectivity index (χ1) is 7.25. The lowest BCUT2D eigenvalue weighted by Gasteiger charge is -2.23. The first-order valence-corrected chi connectivity index (χ1v) is 5.05. The van der Waals surface area contributed by atoms with Crippen molar-refractivity contribution in [1.82, 2.24) is 0 Å². The molecule has 15 heavy (non-hydrogen) atoms. The van der Waals surface area contributed by atoms with E-state index < -0.39 is 5.82 Å². The van der Waals surface area contributed by atoms with Crippen LogP contribution in [0.4, 0.5) is 10.1 Å². The summed E-state index contributed by atoms with van der Waals surface area (Å²) in [5, 5.41) is 0. The third-order valence-corrected chi connectivity index (χ3v) is 2.39. The van der Waals surface area contributed by atoms with Crippen LogP contribution in [-0.2, 0) is 4.74 Å². The number of ether oxygens (including phenoxy) is 2. The molecule has 1 atom stereocenters. The van der Waals surface area contributed by atoms with E-state index in [9.17, 15) is 4.39 Å². The van der Waals surface area contributed by atoms with Gasteiger partial charge in [0, 0.05) is 12.7 Å². The number of nitrogens with two attached hydrogens (primary N) is 1. The van der Waals surface area contributed by atoms with Gasteiger partial charge in [-0.1, -0.05) is 0 Å². The monoisotopic (exact) mass is 211 g/mol. The second-order valence-electron chi connectivity index (χ2n) is 3.64. The molecular weight excluding hydrogens is 197 g/mol. The van der Waals surface area contributed by atoms with E-state index in [1.165, 1.54) is 12.1 Å². The fourth-order valence-electron chi connectivity index (χ4n) is 1.58. The molecular formula is C11H14FNO2. The number of hydrogen-bond donors (Lipinski definition) is 1. The zero-order valence-corrected chi connectivity index (χ0v) is 8.41. The van der Waals surface area contributed by atoms with Gasteiger partial charge in [0.2, 0.25) is 0 Å².